The van der Waals surface area contributed by atoms with Crippen molar-refractivity contribution in [1.29, 1.82) is 0 Å². The predicted octanol–water partition coefficient (Wildman–Crippen LogP) is 2.55. The maximum absolute atomic E-state index is 6.15. The van der Waals surface area contributed by atoms with Gasteiger partial charge in [-0.3, -0.25) is 0 Å². The quantitative estimate of drug-likeness (QED) is 0.565. The Morgan fingerprint density at radius 1 is 1.32 bits per heavy atom. The van der Waals surface area contributed by atoms with Crippen molar-refractivity contribution in [3.8, 4) is 11.4 Å². The van der Waals surface area contributed by atoms with Crippen LogP contribution in [0.4, 0.5) is 0 Å². The number of hydrogen-bond acceptors (Lipinski definition) is 7. The zero-order valence-electron chi connectivity index (χ0n) is 11.7. The maximum atomic E-state index is 6.15. The SMILES string of the molecule is CCc1noc(CSc2nnc(-c3ccccc3Cl)n2N)n1. The smallest absolute Gasteiger partial charge is 0.237 e. The van der Waals surface area contributed by atoms with Crippen LogP contribution in [-0.2, 0) is 12.2 Å². The van der Waals surface area contributed by atoms with Gasteiger partial charge in [0.05, 0.1) is 10.8 Å². The minimum Gasteiger partial charge on any atom is -0.338 e. The topological polar surface area (TPSA) is 95.7 Å². The molecule has 0 radical (unpaired) electrons. The predicted molar refractivity (Wildman–Crippen MR) is 83.9 cm³/mol. The van der Waals surface area contributed by atoms with Crippen LogP contribution in [-0.4, -0.2) is 25.0 Å². The van der Waals surface area contributed by atoms with Gasteiger partial charge in [-0.15, -0.1) is 10.2 Å². The standard InChI is InChI=1S/C13H13ClN6OS/c1-2-10-16-11(21-19-10)7-22-13-18-17-12(20(13)15)8-5-3-4-6-9(8)14/h3-6H,2,7,15H2,1H3. The van der Waals surface area contributed by atoms with Gasteiger partial charge >= 0.3 is 0 Å². The first-order valence-electron chi connectivity index (χ1n) is 6.58. The van der Waals surface area contributed by atoms with Crippen molar-refractivity contribution < 1.29 is 4.52 Å². The molecule has 2 N–H and O–H groups in total. The summed E-state index contributed by atoms with van der Waals surface area (Å²) in [5, 5.41) is 13.1. The third-order valence-corrected chi connectivity index (χ3v) is 4.19. The van der Waals surface area contributed by atoms with Crippen molar-refractivity contribution >= 4 is 23.4 Å². The van der Waals surface area contributed by atoms with E-state index in [0.29, 0.717) is 33.5 Å². The van der Waals surface area contributed by atoms with E-state index in [1.807, 2.05) is 25.1 Å². The second kappa shape index (κ2) is 6.37. The first-order valence-corrected chi connectivity index (χ1v) is 7.95. The highest BCUT2D eigenvalue weighted by atomic mass is 35.5. The van der Waals surface area contributed by atoms with Crippen LogP contribution in [0, 0.1) is 0 Å². The lowest BCUT2D eigenvalue weighted by atomic mass is 10.2. The molecule has 0 unspecified atom stereocenters. The molecular weight excluding hydrogens is 324 g/mol. The highest BCUT2D eigenvalue weighted by Crippen LogP contribution is 2.28. The van der Waals surface area contributed by atoms with Gasteiger partial charge in [-0.25, -0.2) is 4.68 Å². The molecule has 0 aliphatic rings. The van der Waals surface area contributed by atoms with E-state index in [1.54, 1.807) is 6.07 Å². The van der Waals surface area contributed by atoms with E-state index >= 15 is 0 Å². The second-order valence-electron chi connectivity index (χ2n) is 4.40. The molecule has 0 fully saturated rings. The molecule has 2 aromatic heterocycles. The number of nitrogens with zero attached hydrogens (tertiary/aromatic N) is 5. The fraction of sp³-hybridized carbons (Fsp3) is 0.231. The number of halogens is 1. The lowest BCUT2D eigenvalue weighted by Gasteiger charge is -2.04. The van der Waals surface area contributed by atoms with Crippen LogP contribution in [0.25, 0.3) is 11.4 Å². The van der Waals surface area contributed by atoms with Gasteiger partial charge < -0.3 is 10.4 Å². The van der Waals surface area contributed by atoms with Crippen LogP contribution in [0.5, 0.6) is 0 Å². The van der Waals surface area contributed by atoms with Gasteiger partial charge in [-0.1, -0.05) is 47.6 Å². The summed E-state index contributed by atoms with van der Waals surface area (Å²) in [6, 6.07) is 7.34. The van der Waals surface area contributed by atoms with Crippen molar-refractivity contribution in [2.45, 2.75) is 24.3 Å². The van der Waals surface area contributed by atoms with Crippen molar-refractivity contribution in [1.82, 2.24) is 25.0 Å². The van der Waals surface area contributed by atoms with Crippen molar-refractivity contribution in [3.63, 3.8) is 0 Å². The fourth-order valence-electron chi connectivity index (χ4n) is 1.82. The van der Waals surface area contributed by atoms with Gasteiger partial charge in [0.1, 0.15) is 0 Å². The minimum absolute atomic E-state index is 0.477. The van der Waals surface area contributed by atoms with E-state index in [0.717, 1.165) is 12.0 Å². The first kappa shape index (κ1) is 14.9. The summed E-state index contributed by atoms with van der Waals surface area (Å²) in [5.74, 6) is 8.24. The molecule has 7 nitrogen and oxygen atoms in total. The molecule has 0 aliphatic carbocycles. The molecular formula is C13H13ClN6OS. The van der Waals surface area contributed by atoms with Crippen LogP contribution >= 0.6 is 23.4 Å². The van der Waals surface area contributed by atoms with Crippen LogP contribution in [0.2, 0.25) is 5.02 Å². The van der Waals surface area contributed by atoms with Crippen LogP contribution in [0.15, 0.2) is 33.9 Å². The Kier molecular flexibility index (Phi) is 4.30. The monoisotopic (exact) mass is 336 g/mol. The Bertz CT molecular complexity index is 786. The van der Waals surface area contributed by atoms with E-state index in [1.165, 1.54) is 16.4 Å². The fourth-order valence-corrected chi connectivity index (χ4v) is 2.73. The summed E-state index contributed by atoms with van der Waals surface area (Å²) < 4.78 is 6.53. The maximum Gasteiger partial charge on any atom is 0.237 e. The molecule has 0 saturated carbocycles. The normalized spacial score (nSPS) is 11.0. The average molecular weight is 337 g/mol. The van der Waals surface area contributed by atoms with Crippen LogP contribution in [0.1, 0.15) is 18.6 Å². The van der Waals surface area contributed by atoms with Gasteiger partial charge in [0.25, 0.3) is 0 Å². The molecule has 2 heterocycles. The lowest BCUT2D eigenvalue weighted by molar-refractivity contribution is 0.385. The van der Waals surface area contributed by atoms with E-state index in [4.69, 9.17) is 22.0 Å². The number of benzene rings is 1. The zero-order valence-corrected chi connectivity index (χ0v) is 13.3. The number of nitrogen functional groups attached to an aromatic ring is 1. The number of nitrogens with two attached hydrogens (primary N) is 1. The summed E-state index contributed by atoms with van der Waals surface area (Å²) in [4.78, 5) is 4.23. The Morgan fingerprint density at radius 3 is 2.86 bits per heavy atom. The molecule has 1 aromatic carbocycles. The Morgan fingerprint density at radius 2 is 2.14 bits per heavy atom. The summed E-state index contributed by atoms with van der Waals surface area (Å²) in [7, 11) is 0. The molecule has 0 amide bonds. The molecule has 22 heavy (non-hydrogen) atoms. The van der Waals surface area contributed by atoms with Gasteiger partial charge in [-0.2, -0.15) is 4.98 Å². The third kappa shape index (κ3) is 2.93. The molecule has 0 atom stereocenters. The molecule has 3 aromatic rings. The molecule has 0 saturated heterocycles. The summed E-state index contributed by atoms with van der Waals surface area (Å²) in [6.07, 6.45) is 0.734. The first-order chi connectivity index (χ1) is 10.7. The highest BCUT2D eigenvalue weighted by molar-refractivity contribution is 7.98. The largest absolute Gasteiger partial charge is 0.338 e. The minimum atomic E-state index is 0.477. The van der Waals surface area contributed by atoms with Crippen molar-refractivity contribution in [3.05, 3.63) is 41.0 Å². The van der Waals surface area contributed by atoms with Crippen LogP contribution in [0.3, 0.4) is 0 Å². The molecule has 3 rings (SSSR count). The van der Waals surface area contributed by atoms with Crippen molar-refractivity contribution in [2.24, 2.45) is 0 Å². The number of aromatic nitrogens is 5. The number of thioether (sulfide) groups is 1. The van der Waals surface area contributed by atoms with Gasteiger partial charge in [0.15, 0.2) is 11.6 Å². The highest BCUT2D eigenvalue weighted by Gasteiger charge is 2.15. The molecule has 114 valence electrons. The summed E-state index contributed by atoms with van der Waals surface area (Å²) >= 11 is 7.53. The molecule has 0 bridgehead atoms. The Balaban J connectivity index is 1.77. The number of aryl methyl sites for hydroxylation is 1. The molecule has 0 aliphatic heterocycles. The third-order valence-electron chi connectivity index (χ3n) is 2.93. The Labute approximate surface area is 135 Å². The number of rotatable bonds is 5. The lowest BCUT2D eigenvalue weighted by Crippen LogP contribution is -2.11. The average Bonchev–Trinajstić information content (AvgIpc) is 3.13. The second-order valence-corrected chi connectivity index (χ2v) is 5.75. The number of hydrogen-bond donors (Lipinski definition) is 1. The van der Waals surface area contributed by atoms with Gasteiger partial charge in [0, 0.05) is 12.0 Å². The zero-order chi connectivity index (χ0) is 15.5. The molecule has 9 heteroatoms. The Hall–Kier alpha value is -2.06. The van der Waals surface area contributed by atoms with E-state index in [9.17, 15) is 0 Å². The summed E-state index contributed by atoms with van der Waals surface area (Å²) in [6.45, 7) is 1.97. The van der Waals surface area contributed by atoms with Gasteiger partial charge in [0.2, 0.25) is 11.0 Å². The van der Waals surface area contributed by atoms with E-state index < -0.39 is 0 Å². The van der Waals surface area contributed by atoms with Crippen LogP contribution < -0.4 is 5.84 Å². The van der Waals surface area contributed by atoms with E-state index in [-0.39, 0.29) is 0 Å². The van der Waals surface area contributed by atoms with Gasteiger partial charge in [-0.05, 0) is 12.1 Å². The molecule has 0 spiro atoms. The summed E-state index contributed by atoms with van der Waals surface area (Å²) in [5.41, 5.74) is 0.733. The van der Waals surface area contributed by atoms with E-state index in [2.05, 4.69) is 20.3 Å². The van der Waals surface area contributed by atoms with Crippen molar-refractivity contribution in [2.75, 3.05) is 5.84 Å².